The standard InChI is InChI=1S/C14H19N3O2S/c1-10-4-6-13(7-5-10)9-20(18,19)17-12(3)14-15-8-11(2)16-14/h4-8,12,17H,9H2,1-3H3,(H,15,16)/t12-/m1/s1. The fraction of sp³-hybridized carbons (Fsp3) is 0.357. The molecule has 0 saturated heterocycles. The quantitative estimate of drug-likeness (QED) is 0.887. The number of aryl methyl sites for hydroxylation is 2. The lowest BCUT2D eigenvalue weighted by atomic mass is 10.2. The third kappa shape index (κ3) is 3.91. The van der Waals surface area contributed by atoms with Gasteiger partial charge in [0.2, 0.25) is 10.0 Å². The van der Waals surface area contributed by atoms with Gasteiger partial charge in [-0.05, 0) is 26.3 Å². The third-order valence-corrected chi connectivity index (χ3v) is 4.39. The highest BCUT2D eigenvalue weighted by atomic mass is 32.2. The minimum absolute atomic E-state index is 0.0304. The summed E-state index contributed by atoms with van der Waals surface area (Å²) in [7, 11) is -3.40. The fourth-order valence-electron chi connectivity index (χ4n) is 1.92. The zero-order chi connectivity index (χ0) is 14.8. The Bertz CT molecular complexity index is 675. The highest BCUT2D eigenvalue weighted by Crippen LogP contribution is 2.12. The molecule has 1 atom stereocenters. The molecule has 0 aliphatic heterocycles. The van der Waals surface area contributed by atoms with Crippen LogP contribution in [0, 0.1) is 13.8 Å². The van der Waals surface area contributed by atoms with E-state index in [9.17, 15) is 8.42 Å². The number of aromatic amines is 1. The lowest BCUT2D eigenvalue weighted by Crippen LogP contribution is -2.28. The van der Waals surface area contributed by atoms with Crippen molar-refractivity contribution in [3.05, 3.63) is 53.1 Å². The van der Waals surface area contributed by atoms with Gasteiger partial charge in [0, 0.05) is 11.9 Å². The van der Waals surface area contributed by atoms with E-state index in [2.05, 4.69) is 14.7 Å². The summed E-state index contributed by atoms with van der Waals surface area (Å²) in [6, 6.07) is 7.10. The molecule has 0 unspecified atom stereocenters. The molecule has 2 N–H and O–H groups in total. The van der Waals surface area contributed by atoms with Crippen LogP contribution in [-0.4, -0.2) is 18.4 Å². The maximum atomic E-state index is 12.1. The maximum Gasteiger partial charge on any atom is 0.216 e. The second-order valence-electron chi connectivity index (χ2n) is 5.04. The van der Waals surface area contributed by atoms with E-state index < -0.39 is 10.0 Å². The molecule has 0 fully saturated rings. The van der Waals surface area contributed by atoms with Gasteiger partial charge in [-0.15, -0.1) is 0 Å². The highest BCUT2D eigenvalue weighted by molar-refractivity contribution is 7.88. The van der Waals surface area contributed by atoms with Crippen molar-refractivity contribution in [1.82, 2.24) is 14.7 Å². The van der Waals surface area contributed by atoms with E-state index >= 15 is 0 Å². The number of sulfonamides is 1. The van der Waals surface area contributed by atoms with Crippen molar-refractivity contribution >= 4 is 10.0 Å². The monoisotopic (exact) mass is 293 g/mol. The first-order chi connectivity index (χ1) is 9.35. The zero-order valence-electron chi connectivity index (χ0n) is 11.8. The molecule has 0 spiro atoms. The minimum Gasteiger partial charge on any atom is -0.345 e. The molecule has 5 nitrogen and oxygen atoms in total. The molecular weight excluding hydrogens is 274 g/mol. The number of nitrogens with zero attached hydrogens (tertiary/aromatic N) is 1. The molecule has 2 aromatic rings. The summed E-state index contributed by atoms with van der Waals surface area (Å²) >= 11 is 0. The minimum atomic E-state index is -3.40. The molecule has 0 bridgehead atoms. The molecule has 0 aliphatic rings. The molecule has 108 valence electrons. The number of nitrogens with one attached hydrogen (secondary N) is 2. The van der Waals surface area contributed by atoms with E-state index in [1.54, 1.807) is 13.1 Å². The van der Waals surface area contributed by atoms with E-state index in [1.165, 1.54) is 0 Å². The molecule has 6 heteroatoms. The van der Waals surface area contributed by atoms with Crippen molar-refractivity contribution < 1.29 is 8.42 Å². The predicted octanol–water partition coefficient (Wildman–Crippen LogP) is 2.21. The van der Waals surface area contributed by atoms with Crippen molar-refractivity contribution in [2.45, 2.75) is 32.6 Å². The number of H-pyrrole nitrogens is 1. The third-order valence-electron chi connectivity index (χ3n) is 2.97. The van der Waals surface area contributed by atoms with Gasteiger partial charge in [-0.25, -0.2) is 18.1 Å². The first-order valence-electron chi connectivity index (χ1n) is 6.43. The lowest BCUT2D eigenvalue weighted by molar-refractivity contribution is 0.560. The maximum absolute atomic E-state index is 12.1. The van der Waals surface area contributed by atoms with Gasteiger partial charge in [-0.2, -0.15) is 0 Å². The molecule has 0 aliphatic carbocycles. The van der Waals surface area contributed by atoms with E-state index in [-0.39, 0.29) is 11.8 Å². The second-order valence-corrected chi connectivity index (χ2v) is 6.79. The van der Waals surface area contributed by atoms with Gasteiger partial charge >= 0.3 is 0 Å². The second kappa shape index (κ2) is 5.76. The molecular formula is C14H19N3O2S. The predicted molar refractivity (Wildman–Crippen MR) is 78.7 cm³/mol. The van der Waals surface area contributed by atoms with Gasteiger partial charge in [0.15, 0.2) is 0 Å². The van der Waals surface area contributed by atoms with Crippen LogP contribution in [0.1, 0.15) is 35.6 Å². The summed E-state index contributed by atoms with van der Waals surface area (Å²) in [6.45, 7) is 5.62. The van der Waals surface area contributed by atoms with E-state index in [0.717, 1.165) is 16.8 Å². The van der Waals surface area contributed by atoms with Gasteiger partial charge in [0.05, 0.1) is 11.8 Å². The summed E-state index contributed by atoms with van der Waals surface area (Å²) in [5.74, 6) is 0.590. The van der Waals surface area contributed by atoms with Crippen molar-refractivity contribution in [3.63, 3.8) is 0 Å². The molecule has 0 saturated carbocycles. The largest absolute Gasteiger partial charge is 0.345 e. The molecule has 0 radical (unpaired) electrons. The van der Waals surface area contributed by atoms with Crippen molar-refractivity contribution in [1.29, 1.82) is 0 Å². The topological polar surface area (TPSA) is 74.8 Å². The molecule has 20 heavy (non-hydrogen) atoms. The summed E-state index contributed by atoms with van der Waals surface area (Å²) in [5, 5.41) is 0. The van der Waals surface area contributed by atoms with Crippen LogP contribution in [0.25, 0.3) is 0 Å². The van der Waals surface area contributed by atoms with Crippen LogP contribution < -0.4 is 4.72 Å². The first-order valence-corrected chi connectivity index (χ1v) is 8.08. The highest BCUT2D eigenvalue weighted by Gasteiger charge is 2.18. The Labute approximate surface area is 119 Å². The van der Waals surface area contributed by atoms with Crippen LogP contribution in [0.2, 0.25) is 0 Å². The number of hydrogen-bond donors (Lipinski definition) is 2. The number of rotatable bonds is 5. The van der Waals surface area contributed by atoms with Crippen molar-refractivity contribution in [3.8, 4) is 0 Å². The van der Waals surface area contributed by atoms with Crippen LogP contribution in [0.4, 0.5) is 0 Å². The van der Waals surface area contributed by atoms with E-state index in [1.807, 2.05) is 38.1 Å². The van der Waals surface area contributed by atoms with Crippen molar-refractivity contribution in [2.24, 2.45) is 0 Å². The lowest BCUT2D eigenvalue weighted by Gasteiger charge is -2.12. The molecule has 1 heterocycles. The Morgan fingerprint density at radius 2 is 1.90 bits per heavy atom. The SMILES string of the molecule is Cc1ccc(CS(=O)(=O)N[C@H](C)c2ncc(C)[nH]2)cc1. The molecule has 2 rings (SSSR count). The summed E-state index contributed by atoms with van der Waals surface area (Å²) in [4.78, 5) is 7.17. The fourth-order valence-corrected chi connectivity index (χ4v) is 3.29. The van der Waals surface area contributed by atoms with Crippen LogP contribution in [0.15, 0.2) is 30.5 Å². The number of aromatic nitrogens is 2. The van der Waals surface area contributed by atoms with Gasteiger partial charge < -0.3 is 4.98 Å². The Kier molecular flexibility index (Phi) is 4.25. The van der Waals surface area contributed by atoms with Gasteiger partial charge in [-0.1, -0.05) is 29.8 Å². The average molecular weight is 293 g/mol. The van der Waals surface area contributed by atoms with E-state index in [0.29, 0.717) is 5.82 Å². The molecule has 1 aromatic carbocycles. The molecule has 1 aromatic heterocycles. The normalized spacial score (nSPS) is 13.3. The Balaban J connectivity index is 2.05. The summed E-state index contributed by atoms with van der Waals surface area (Å²) in [6.07, 6.45) is 1.68. The molecule has 0 amide bonds. The summed E-state index contributed by atoms with van der Waals surface area (Å²) < 4.78 is 26.9. The van der Waals surface area contributed by atoms with Crippen LogP contribution in [0.3, 0.4) is 0 Å². The Morgan fingerprint density at radius 1 is 1.25 bits per heavy atom. The van der Waals surface area contributed by atoms with Gasteiger partial charge in [0.1, 0.15) is 5.82 Å². The van der Waals surface area contributed by atoms with Gasteiger partial charge in [0.25, 0.3) is 0 Å². The smallest absolute Gasteiger partial charge is 0.216 e. The number of benzene rings is 1. The summed E-state index contributed by atoms with van der Waals surface area (Å²) in [5.41, 5.74) is 2.79. The van der Waals surface area contributed by atoms with Gasteiger partial charge in [-0.3, -0.25) is 0 Å². The first kappa shape index (κ1) is 14.7. The number of imidazole rings is 1. The zero-order valence-corrected chi connectivity index (χ0v) is 12.7. The van der Waals surface area contributed by atoms with E-state index in [4.69, 9.17) is 0 Å². The average Bonchev–Trinajstić information content (AvgIpc) is 2.78. The number of hydrogen-bond acceptors (Lipinski definition) is 3. The van der Waals surface area contributed by atoms with Crippen LogP contribution >= 0.6 is 0 Å². The Morgan fingerprint density at radius 3 is 2.45 bits per heavy atom. The van der Waals surface area contributed by atoms with Crippen molar-refractivity contribution in [2.75, 3.05) is 0 Å². The van der Waals surface area contributed by atoms with Crippen LogP contribution in [0.5, 0.6) is 0 Å². The van der Waals surface area contributed by atoms with Crippen LogP contribution in [-0.2, 0) is 15.8 Å². The Hall–Kier alpha value is -1.66.